The smallest absolute Gasteiger partial charge is 0.110 e. The van der Waals surface area contributed by atoms with Crippen LogP contribution in [0.2, 0.25) is 0 Å². The van der Waals surface area contributed by atoms with Gasteiger partial charge in [0.25, 0.3) is 0 Å². The minimum atomic E-state index is 0.308. The summed E-state index contributed by atoms with van der Waals surface area (Å²) in [7, 11) is 1.75. The van der Waals surface area contributed by atoms with Crippen molar-refractivity contribution in [2.24, 2.45) is 21.9 Å². The maximum absolute atomic E-state index is 5.34. The number of hydrogen-bond donors (Lipinski definition) is 0. The average molecular weight is 320 g/mol. The van der Waals surface area contributed by atoms with Crippen LogP contribution in [0.3, 0.4) is 0 Å². The third-order valence-electron chi connectivity index (χ3n) is 4.81. The highest BCUT2D eigenvalue weighted by Gasteiger charge is 2.33. The molecule has 0 bridgehead atoms. The Bertz CT molecular complexity index is 483. The van der Waals surface area contributed by atoms with E-state index < -0.39 is 0 Å². The van der Waals surface area contributed by atoms with Crippen molar-refractivity contribution >= 4 is 11.5 Å². The van der Waals surface area contributed by atoms with Gasteiger partial charge in [0.15, 0.2) is 0 Å². The van der Waals surface area contributed by atoms with Crippen molar-refractivity contribution in [3.05, 3.63) is 12.3 Å². The van der Waals surface area contributed by atoms with E-state index in [1.54, 1.807) is 7.11 Å². The molecule has 2 rings (SSSR count). The van der Waals surface area contributed by atoms with Crippen molar-refractivity contribution in [1.29, 1.82) is 0 Å². The molecule has 0 N–H and O–H groups in total. The second-order valence-electron chi connectivity index (χ2n) is 7.11. The Balaban J connectivity index is 2.18. The van der Waals surface area contributed by atoms with Crippen molar-refractivity contribution in [2.75, 3.05) is 26.8 Å². The molecule has 23 heavy (non-hydrogen) atoms. The molecule has 2 aliphatic rings. The van der Waals surface area contributed by atoms with Gasteiger partial charge in [0.05, 0.1) is 19.2 Å². The fraction of sp³-hybridized carbons (Fsp3) is 0.778. The molecular formula is C18H32N4O. The third-order valence-corrected chi connectivity index (χ3v) is 4.81. The molecule has 2 aliphatic heterocycles. The van der Waals surface area contributed by atoms with Crippen LogP contribution in [0.15, 0.2) is 22.4 Å². The van der Waals surface area contributed by atoms with Crippen molar-refractivity contribution in [3.8, 4) is 0 Å². The van der Waals surface area contributed by atoms with Gasteiger partial charge < -0.3 is 9.64 Å². The van der Waals surface area contributed by atoms with Crippen molar-refractivity contribution in [3.63, 3.8) is 0 Å². The molecule has 0 radical (unpaired) electrons. The van der Waals surface area contributed by atoms with Gasteiger partial charge in [-0.05, 0) is 32.3 Å². The van der Waals surface area contributed by atoms with Crippen LogP contribution in [0.5, 0.6) is 0 Å². The van der Waals surface area contributed by atoms with Crippen LogP contribution in [0.1, 0.15) is 41.0 Å². The largest absolute Gasteiger partial charge is 0.384 e. The zero-order valence-corrected chi connectivity index (χ0v) is 15.5. The van der Waals surface area contributed by atoms with Crippen LogP contribution in [-0.2, 0) is 4.74 Å². The summed E-state index contributed by atoms with van der Waals surface area (Å²) >= 11 is 0. The van der Waals surface area contributed by atoms with E-state index in [2.05, 4.69) is 55.6 Å². The zero-order valence-electron chi connectivity index (χ0n) is 15.5. The summed E-state index contributed by atoms with van der Waals surface area (Å²) in [5, 5.41) is 7.09. The van der Waals surface area contributed by atoms with E-state index in [1.807, 2.05) is 6.20 Å². The first-order valence-electron chi connectivity index (χ1n) is 8.75. The highest BCUT2D eigenvalue weighted by atomic mass is 16.5. The van der Waals surface area contributed by atoms with Crippen molar-refractivity contribution in [1.82, 2.24) is 9.91 Å². The van der Waals surface area contributed by atoms with Crippen molar-refractivity contribution < 1.29 is 4.74 Å². The molecule has 0 amide bonds. The molecule has 0 aromatic carbocycles. The molecule has 0 spiro atoms. The zero-order chi connectivity index (χ0) is 17.0. The molecule has 5 heteroatoms. The monoisotopic (exact) mass is 320 g/mol. The standard InChI is InChI=1S/C18H32N4O/c1-13(2)16(5)20-21-10-8-15(4)22-17(11-21)7-9-19-18(22)14(3)12-23-6/h7,9,13-15,17H,8,10-12H2,1-6H3/b20-16+. The Morgan fingerprint density at radius 3 is 2.83 bits per heavy atom. The molecule has 0 aliphatic carbocycles. The number of aliphatic imine (C=N–C) groups is 1. The Morgan fingerprint density at radius 1 is 1.43 bits per heavy atom. The molecule has 3 atom stereocenters. The normalized spacial score (nSPS) is 26.9. The molecule has 0 saturated carbocycles. The van der Waals surface area contributed by atoms with E-state index >= 15 is 0 Å². The number of rotatable bonds is 5. The predicted molar refractivity (Wildman–Crippen MR) is 96.8 cm³/mol. The summed E-state index contributed by atoms with van der Waals surface area (Å²) in [6.45, 7) is 13.6. The van der Waals surface area contributed by atoms with Gasteiger partial charge in [0, 0.05) is 37.5 Å². The van der Waals surface area contributed by atoms with E-state index in [-0.39, 0.29) is 0 Å². The first-order valence-corrected chi connectivity index (χ1v) is 8.75. The summed E-state index contributed by atoms with van der Waals surface area (Å²) in [5.74, 6) is 1.95. The minimum absolute atomic E-state index is 0.308. The van der Waals surface area contributed by atoms with Gasteiger partial charge in [-0.15, -0.1) is 0 Å². The highest BCUT2D eigenvalue weighted by Crippen LogP contribution is 2.24. The lowest BCUT2D eigenvalue weighted by molar-refractivity contribution is 0.169. The van der Waals surface area contributed by atoms with Crippen LogP contribution in [0, 0.1) is 11.8 Å². The number of ether oxygens (including phenoxy) is 1. The molecule has 2 heterocycles. The predicted octanol–water partition coefficient (Wildman–Crippen LogP) is 2.99. The van der Waals surface area contributed by atoms with E-state index in [0.717, 1.165) is 25.3 Å². The Kier molecular flexibility index (Phi) is 6.22. The number of methoxy groups -OCH3 is 1. The fourth-order valence-electron chi connectivity index (χ4n) is 3.17. The molecule has 1 saturated heterocycles. The van der Waals surface area contributed by atoms with E-state index in [9.17, 15) is 0 Å². The number of fused-ring (bicyclic) bond motifs is 1. The molecule has 130 valence electrons. The lowest BCUT2D eigenvalue weighted by atomic mass is 10.0. The van der Waals surface area contributed by atoms with Gasteiger partial charge in [-0.3, -0.25) is 5.01 Å². The van der Waals surface area contributed by atoms with Crippen LogP contribution in [0.25, 0.3) is 0 Å². The number of hydrogen-bond acceptors (Lipinski definition) is 5. The maximum atomic E-state index is 5.34. The van der Waals surface area contributed by atoms with Gasteiger partial charge in [0.1, 0.15) is 5.84 Å². The number of nitrogens with zero attached hydrogens (tertiary/aromatic N) is 4. The van der Waals surface area contributed by atoms with Gasteiger partial charge in [-0.25, -0.2) is 4.99 Å². The second-order valence-corrected chi connectivity index (χ2v) is 7.11. The van der Waals surface area contributed by atoms with Crippen molar-refractivity contribution in [2.45, 2.75) is 53.1 Å². The minimum Gasteiger partial charge on any atom is -0.384 e. The van der Waals surface area contributed by atoms with E-state index in [1.165, 1.54) is 5.71 Å². The third kappa shape index (κ3) is 4.34. The molecule has 0 aromatic heterocycles. The topological polar surface area (TPSA) is 40.4 Å². The van der Waals surface area contributed by atoms with Crippen LogP contribution in [-0.4, -0.2) is 60.3 Å². The van der Waals surface area contributed by atoms with E-state index in [4.69, 9.17) is 9.84 Å². The van der Waals surface area contributed by atoms with Gasteiger partial charge in [-0.1, -0.05) is 20.8 Å². The first-order chi connectivity index (χ1) is 10.9. The van der Waals surface area contributed by atoms with Crippen LogP contribution < -0.4 is 0 Å². The summed E-state index contributed by atoms with van der Waals surface area (Å²) in [6, 6.07) is 0.797. The SMILES string of the molecule is COCC(C)C1=NC=CC2CN(/N=C(\C)C(C)C)CCC(C)N12. The molecule has 5 nitrogen and oxygen atoms in total. The molecule has 1 fully saturated rings. The quantitative estimate of drug-likeness (QED) is 0.731. The molecule has 3 unspecified atom stereocenters. The van der Waals surface area contributed by atoms with Crippen LogP contribution in [0.4, 0.5) is 0 Å². The van der Waals surface area contributed by atoms with Gasteiger partial charge in [0.2, 0.25) is 0 Å². The van der Waals surface area contributed by atoms with Crippen LogP contribution >= 0.6 is 0 Å². The lowest BCUT2D eigenvalue weighted by Gasteiger charge is -2.39. The van der Waals surface area contributed by atoms with Gasteiger partial charge >= 0.3 is 0 Å². The summed E-state index contributed by atoms with van der Waals surface area (Å²) in [5.41, 5.74) is 1.20. The Hall–Kier alpha value is -1.36. The maximum Gasteiger partial charge on any atom is 0.110 e. The summed E-state index contributed by atoms with van der Waals surface area (Å²) in [4.78, 5) is 7.14. The molecular weight excluding hydrogens is 288 g/mol. The van der Waals surface area contributed by atoms with Gasteiger partial charge in [-0.2, -0.15) is 5.10 Å². The fourth-order valence-corrected chi connectivity index (χ4v) is 3.17. The summed E-state index contributed by atoms with van der Waals surface area (Å²) < 4.78 is 5.34. The average Bonchev–Trinajstić information content (AvgIpc) is 2.66. The summed E-state index contributed by atoms with van der Waals surface area (Å²) in [6.07, 6.45) is 5.26. The highest BCUT2D eigenvalue weighted by molar-refractivity contribution is 5.86. The number of amidine groups is 1. The lowest BCUT2D eigenvalue weighted by Crippen LogP contribution is -2.50. The number of hydrazone groups is 1. The second kappa shape index (κ2) is 7.95. The Morgan fingerprint density at radius 2 is 2.17 bits per heavy atom. The van der Waals surface area contributed by atoms with E-state index in [0.29, 0.717) is 30.5 Å². The first kappa shape index (κ1) is 18.0. The Labute approximate surface area is 141 Å². The molecule has 0 aromatic rings.